The van der Waals surface area contributed by atoms with Gasteiger partial charge in [0.25, 0.3) is 11.5 Å². The van der Waals surface area contributed by atoms with Crippen LogP contribution in [0.1, 0.15) is 38.1 Å². The average Bonchev–Trinajstić information content (AvgIpc) is 2.35. The molecular weight excluding hydrogens is 244 g/mol. The minimum absolute atomic E-state index is 0.0809. The Morgan fingerprint density at radius 1 is 1.47 bits per heavy atom. The number of nitrogens with one attached hydrogen (secondary N) is 2. The van der Waals surface area contributed by atoms with E-state index in [1.165, 1.54) is 12.3 Å². The highest BCUT2D eigenvalue weighted by Crippen LogP contribution is 2.25. The third-order valence-electron chi connectivity index (χ3n) is 3.20. The van der Waals surface area contributed by atoms with Crippen molar-refractivity contribution < 1.29 is 9.90 Å². The summed E-state index contributed by atoms with van der Waals surface area (Å²) < 4.78 is 0. The topological polar surface area (TPSA) is 82.2 Å². The van der Waals surface area contributed by atoms with Gasteiger partial charge in [0.05, 0.1) is 6.10 Å². The zero-order valence-corrected chi connectivity index (χ0v) is 11.9. The number of aliphatic hydroxyl groups excluding tert-OH is 1. The van der Waals surface area contributed by atoms with Crippen molar-refractivity contribution in [2.75, 3.05) is 6.54 Å². The fourth-order valence-electron chi connectivity index (χ4n) is 2.01. The van der Waals surface area contributed by atoms with Crippen molar-refractivity contribution in [1.29, 1.82) is 0 Å². The van der Waals surface area contributed by atoms with E-state index in [2.05, 4.69) is 10.3 Å². The molecule has 0 spiro atoms. The lowest BCUT2D eigenvalue weighted by Crippen LogP contribution is -2.44. The molecule has 0 saturated carbocycles. The lowest BCUT2D eigenvalue weighted by molar-refractivity contribution is 0.0138. The van der Waals surface area contributed by atoms with Gasteiger partial charge >= 0.3 is 0 Å². The molecule has 1 heterocycles. The Bertz CT molecular complexity index is 491. The molecule has 0 fully saturated rings. The minimum atomic E-state index is -0.526. The first kappa shape index (κ1) is 15.4. The molecule has 0 aliphatic rings. The van der Waals surface area contributed by atoms with E-state index in [0.29, 0.717) is 6.54 Å². The van der Waals surface area contributed by atoms with Crippen molar-refractivity contribution in [2.24, 2.45) is 11.3 Å². The molecule has 19 heavy (non-hydrogen) atoms. The fraction of sp³-hybridized carbons (Fsp3) is 0.571. The van der Waals surface area contributed by atoms with E-state index >= 15 is 0 Å². The number of H-pyrrole nitrogens is 1. The summed E-state index contributed by atoms with van der Waals surface area (Å²) >= 11 is 0. The van der Waals surface area contributed by atoms with Crippen LogP contribution in [0.3, 0.4) is 0 Å². The van der Waals surface area contributed by atoms with Crippen LogP contribution in [0.5, 0.6) is 0 Å². The highest BCUT2D eigenvalue weighted by atomic mass is 16.3. The molecule has 1 aromatic heterocycles. The van der Waals surface area contributed by atoms with E-state index in [-0.39, 0.29) is 11.5 Å². The van der Waals surface area contributed by atoms with Crippen LogP contribution < -0.4 is 10.9 Å². The second kappa shape index (κ2) is 6.02. The number of aromatic nitrogens is 1. The van der Waals surface area contributed by atoms with E-state index in [0.717, 1.165) is 0 Å². The zero-order chi connectivity index (χ0) is 14.6. The van der Waals surface area contributed by atoms with E-state index < -0.39 is 23.0 Å². The van der Waals surface area contributed by atoms with Crippen LogP contribution in [-0.4, -0.2) is 28.6 Å². The van der Waals surface area contributed by atoms with Gasteiger partial charge in [0.1, 0.15) is 5.56 Å². The summed E-state index contributed by atoms with van der Waals surface area (Å²) in [7, 11) is 0. The summed E-state index contributed by atoms with van der Waals surface area (Å²) in [6.07, 6.45) is 0.952. The number of hydrogen-bond acceptors (Lipinski definition) is 3. The highest BCUT2D eigenvalue weighted by molar-refractivity contribution is 5.93. The fourth-order valence-corrected chi connectivity index (χ4v) is 2.01. The first-order valence-electron chi connectivity index (χ1n) is 6.39. The number of carbonyl (C=O) groups excluding carboxylic acids is 1. The van der Waals surface area contributed by atoms with Gasteiger partial charge in [-0.1, -0.05) is 27.7 Å². The van der Waals surface area contributed by atoms with Gasteiger partial charge in [0.2, 0.25) is 0 Å². The van der Waals surface area contributed by atoms with Gasteiger partial charge < -0.3 is 15.4 Å². The van der Waals surface area contributed by atoms with Gasteiger partial charge in [0, 0.05) is 18.2 Å². The van der Waals surface area contributed by atoms with Crippen molar-refractivity contribution in [1.82, 2.24) is 10.3 Å². The molecule has 5 heteroatoms. The van der Waals surface area contributed by atoms with Crippen LogP contribution in [0, 0.1) is 11.3 Å². The molecule has 0 aliphatic carbocycles. The lowest BCUT2D eigenvalue weighted by atomic mass is 9.80. The van der Waals surface area contributed by atoms with Crippen LogP contribution in [0.4, 0.5) is 0 Å². The number of amides is 1. The van der Waals surface area contributed by atoms with Gasteiger partial charge in [-0.05, 0) is 18.1 Å². The maximum Gasteiger partial charge on any atom is 0.260 e. The molecule has 106 valence electrons. The first-order chi connectivity index (χ1) is 8.75. The van der Waals surface area contributed by atoms with Gasteiger partial charge in [-0.25, -0.2) is 0 Å². The van der Waals surface area contributed by atoms with Crippen molar-refractivity contribution >= 4 is 5.91 Å². The summed E-state index contributed by atoms with van der Waals surface area (Å²) in [5, 5.41) is 12.8. The first-order valence-corrected chi connectivity index (χ1v) is 6.39. The van der Waals surface area contributed by atoms with E-state index in [1.807, 2.05) is 27.7 Å². The lowest BCUT2D eigenvalue weighted by Gasteiger charge is -2.33. The maximum absolute atomic E-state index is 11.9. The maximum atomic E-state index is 11.9. The molecule has 5 nitrogen and oxygen atoms in total. The number of pyridine rings is 1. The summed E-state index contributed by atoms with van der Waals surface area (Å²) in [4.78, 5) is 25.8. The Morgan fingerprint density at radius 2 is 2.11 bits per heavy atom. The van der Waals surface area contributed by atoms with Gasteiger partial charge in [-0.2, -0.15) is 0 Å². The Kier molecular flexibility index (Phi) is 4.89. The van der Waals surface area contributed by atoms with Crippen molar-refractivity contribution in [3.63, 3.8) is 0 Å². The van der Waals surface area contributed by atoms with E-state index in [4.69, 9.17) is 0 Å². The Labute approximate surface area is 113 Å². The standard InChI is InChI=1S/C14H22N2O3/c1-9(2)11(17)14(3,4)8-16-13(19)10-6-5-7-15-12(10)18/h5-7,9,11,17H,8H2,1-4H3,(H,15,18)(H,16,19). The van der Waals surface area contributed by atoms with Crippen LogP contribution in [0.2, 0.25) is 0 Å². The highest BCUT2D eigenvalue weighted by Gasteiger charge is 2.30. The van der Waals surface area contributed by atoms with Crippen LogP contribution in [-0.2, 0) is 0 Å². The number of carbonyl (C=O) groups is 1. The zero-order valence-electron chi connectivity index (χ0n) is 11.9. The normalized spacial score (nSPS) is 13.4. The Morgan fingerprint density at radius 3 is 2.63 bits per heavy atom. The van der Waals surface area contributed by atoms with Gasteiger partial charge in [0.15, 0.2) is 0 Å². The molecular formula is C14H22N2O3. The molecule has 1 amide bonds. The molecule has 0 aromatic carbocycles. The van der Waals surface area contributed by atoms with Crippen LogP contribution in [0.25, 0.3) is 0 Å². The quantitative estimate of drug-likeness (QED) is 0.747. The second-order valence-electron chi connectivity index (χ2n) is 5.77. The molecule has 1 unspecified atom stereocenters. The largest absolute Gasteiger partial charge is 0.392 e. The molecule has 1 aromatic rings. The molecule has 1 atom stereocenters. The Hall–Kier alpha value is -1.62. The molecule has 0 radical (unpaired) electrons. The van der Waals surface area contributed by atoms with Crippen molar-refractivity contribution in [3.05, 3.63) is 34.2 Å². The van der Waals surface area contributed by atoms with E-state index in [9.17, 15) is 14.7 Å². The number of aliphatic hydroxyl groups is 1. The molecule has 0 saturated heterocycles. The molecule has 1 rings (SSSR count). The predicted molar refractivity (Wildman–Crippen MR) is 74.0 cm³/mol. The third kappa shape index (κ3) is 3.92. The summed E-state index contributed by atoms with van der Waals surface area (Å²) in [5.74, 6) is -0.321. The predicted octanol–water partition coefficient (Wildman–Crippen LogP) is 1.15. The smallest absolute Gasteiger partial charge is 0.260 e. The van der Waals surface area contributed by atoms with Crippen molar-refractivity contribution in [3.8, 4) is 0 Å². The number of rotatable bonds is 5. The van der Waals surface area contributed by atoms with Gasteiger partial charge in [-0.3, -0.25) is 9.59 Å². The van der Waals surface area contributed by atoms with Crippen molar-refractivity contribution in [2.45, 2.75) is 33.8 Å². The van der Waals surface area contributed by atoms with Crippen LogP contribution in [0.15, 0.2) is 23.1 Å². The SMILES string of the molecule is CC(C)C(O)C(C)(C)CNC(=O)c1ccc[nH]c1=O. The number of hydrogen-bond donors (Lipinski definition) is 3. The van der Waals surface area contributed by atoms with E-state index in [1.54, 1.807) is 6.07 Å². The average molecular weight is 266 g/mol. The summed E-state index contributed by atoms with van der Waals surface area (Å²) in [6.45, 7) is 7.92. The Balaban J connectivity index is 2.70. The summed E-state index contributed by atoms with van der Waals surface area (Å²) in [5.41, 5.74) is -0.787. The van der Waals surface area contributed by atoms with Gasteiger partial charge in [-0.15, -0.1) is 0 Å². The minimum Gasteiger partial charge on any atom is -0.392 e. The number of aromatic amines is 1. The second-order valence-corrected chi connectivity index (χ2v) is 5.77. The molecule has 3 N–H and O–H groups in total. The monoisotopic (exact) mass is 266 g/mol. The van der Waals surface area contributed by atoms with Crippen LogP contribution >= 0.6 is 0 Å². The third-order valence-corrected chi connectivity index (χ3v) is 3.20. The molecule has 0 bridgehead atoms. The molecule has 0 aliphatic heterocycles. The summed E-state index contributed by atoms with van der Waals surface area (Å²) in [6, 6.07) is 3.07.